The molecule has 364 valence electrons. The molecule has 5 N–H and O–H groups in total. The van der Waals surface area contributed by atoms with Crippen molar-refractivity contribution >= 4 is 39.4 Å². The van der Waals surface area contributed by atoms with Crippen LogP contribution in [0, 0.1) is 20.9 Å². The highest BCUT2D eigenvalue weighted by Gasteiger charge is 2.55. The van der Waals surface area contributed by atoms with Crippen LogP contribution in [0.4, 0.5) is 15.3 Å². The van der Waals surface area contributed by atoms with Crippen LogP contribution in [0.15, 0.2) is 131 Å². The van der Waals surface area contributed by atoms with Gasteiger partial charge in [-0.25, -0.2) is 19.8 Å². The summed E-state index contributed by atoms with van der Waals surface area (Å²) in [7, 11) is 0. The van der Waals surface area contributed by atoms with Crippen LogP contribution in [0.1, 0.15) is 104 Å². The number of rotatable bonds is 6. The number of amides is 3. The maximum absolute atomic E-state index is 12.7. The van der Waals surface area contributed by atoms with Crippen LogP contribution in [0.3, 0.4) is 0 Å². The molecular formula is C55H57N9O7. The average Bonchev–Trinajstić information content (AvgIpc) is 4.00. The number of urea groups is 1. The second-order valence-corrected chi connectivity index (χ2v) is 20.1. The van der Waals surface area contributed by atoms with Crippen LogP contribution in [0.5, 0.6) is 5.75 Å². The third kappa shape index (κ3) is 9.51. The molecule has 71 heavy (non-hydrogen) atoms. The van der Waals surface area contributed by atoms with Crippen molar-refractivity contribution in [1.29, 1.82) is 0 Å². The lowest BCUT2D eigenvalue weighted by atomic mass is 9.49. The van der Waals surface area contributed by atoms with E-state index in [-0.39, 0.29) is 53.5 Å². The Hall–Kier alpha value is -7.72. The van der Waals surface area contributed by atoms with Gasteiger partial charge in [-0.1, -0.05) is 92.4 Å². The summed E-state index contributed by atoms with van der Waals surface area (Å²) in [6.45, 7) is 3.51. The van der Waals surface area contributed by atoms with Gasteiger partial charge < -0.3 is 25.6 Å². The molecule has 13 rings (SSSR count). The first-order valence-corrected chi connectivity index (χ1v) is 24.1. The molecule has 0 bridgehead atoms. The molecule has 4 fully saturated rings. The number of carbonyl (C=O) groups is 2. The van der Waals surface area contributed by atoms with Gasteiger partial charge in [-0.05, 0) is 109 Å². The fourth-order valence-corrected chi connectivity index (χ4v) is 12.0. The molecule has 0 saturated heterocycles. The Morgan fingerprint density at radius 3 is 1.48 bits per heavy atom. The van der Waals surface area contributed by atoms with Gasteiger partial charge in [0.25, 0.3) is 16.8 Å². The van der Waals surface area contributed by atoms with E-state index >= 15 is 0 Å². The SMILES string of the molecule is C.O=C(NC1CC2(C1)CC(c1n[nH]c(=O)c3ccccc13)C2)N1Cc2ccccc2C1.O=C(NC1CC2(C1)CC(c1n[nH]c(=O)c3ccccc13)C2)Oc1ccc([N+](=O)[O-])cc1.c1ccc2c(c1)CNC2. The van der Waals surface area contributed by atoms with Crippen molar-refractivity contribution in [3.05, 3.63) is 186 Å². The number of ether oxygens (including phenoxy) is 1. The van der Waals surface area contributed by atoms with Crippen LogP contribution in [0.2, 0.25) is 0 Å². The standard InChI is InChI=1S/C24H24N4O2.C22H20N4O5.C8H9N.CH4/c29-22-20-8-4-3-7-19(20)21(26-27-22)17-9-24(10-17)11-18(12-24)25-23(30)28-13-15-5-1-2-6-16(15)14-28;27-20-18-4-2-1-3-17(18)19(24-25-20)13-9-22(10-13)11-14(12-22)23-21(28)31-16-7-5-15(6-8-16)26(29)30;1-2-4-8-6-9-5-7(8)3-1;/h1-8,17-18H,9-14H2,(H,25,30)(H,27,29);1-8,13-14H,9-12H2,(H,23,28)(H,25,27);1-4,9H,5-6H2;1H4. The highest BCUT2D eigenvalue weighted by atomic mass is 16.6. The predicted octanol–water partition coefficient (Wildman–Crippen LogP) is 9.25. The number of nitro benzene ring substituents is 1. The Bertz CT molecular complexity index is 3210. The van der Waals surface area contributed by atoms with E-state index in [9.17, 15) is 29.3 Å². The molecule has 3 amide bonds. The topological polar surface area (TPSA) is 217 Å². The summed E-state index contributed by atoms with van der Waals surface area (Å²) in [4.78, 5) is 60.8. The van der Waals surface area contributed by atoms with Gasteiger partial charge in [0.2, 0.25) is 0 Å². The number of aromatic amines is 2. The lowest BCUT2D eigenvalue weighted by Gasteiger charge is -2.57. The quantitative estimate of drug-likeness (QED) is 0.0786. The third-order valence-electron chi connectivity index (χ3n) is 15.4. The molecule has 0 atom stereocenters. The van der Waals surface area contributed by atoms with Crippen LogP contribution < -0.4 is 31.8 Å². The molecule has 16 heteroatoms. The van der Waals surface area contributed by atoms with Crippen LogP contribution in [0.25, 0.3) is 21.5 Å². The Morgan fingerprint density at radius 2 is 1.01 bits per heavy atom. The van der Waals surface area contributed by atoms with E-state index in [1.54, 1.807) is 0 Å². The van der Waals surface area contributed by atoms with Crippen molar-refractivity contribution in [2.24, 2.45) is 10.8 Å². The Kier molecular flexibility index (Phi) is 12.7. The van der Waals surface area contributed by atoms with Gasteiger partial charge in [0.05, 0.1) is 27.1 Å². The Labute approximate surface area is 409 Å². The minimum absolute atomic E-state index is 0. The molecule has 2 aromatic heterocycles. The summed E-state index contributed by atoms with van der Waals surface area (Å²) in [6, 6.07) is 37.8. The number of non-ortho nitro benzene ring substituents is 1. The van der Waals surface area contributed by atoms with Crippen molar-refractivity contribution in [2.75, 3.05) is 0 Å². The summed E-state index contributed by atoms with van der Waals surface area (Å²) < 4.78 is 5.21. The first kappa shape index (κ1) is 47.0. The van der Waals surface area contributed by atoms with Gasteiger partial charge >= 0.3 is 12.1 Å². The minimum Gasteiger partial charge on any atom is -0.410 e. The summed E-state index contributed by atoms with van der Waals surface area (Å²) in [6.07, 6.45) is 7.39. The van der Waals surface area contributed by atoms with E-state index in [0.717, 1.165) is 86.6 Å². The summed E-state index contributed by atoms with van der Waals surface area (Å²) in [5.74, 6) is 0.947. The third-order valence-corrected chi connectivity index (χ3v) is 15.4. The predicted molar refractivity (Wildman–Crippen MR) is 270 cm³/mol. The van der Waals surface area contributed by atoms with Crippen molar-refractivity contribution in [2.45, 2.75) is 109 Å². The van der Waals surface area contributed by atoms with E-state index in [1.807, 2.05) is 65.6 Å². The fourth-order valence-electron chi connectivity index (χ4n) is 12.0. The number of hydrogen-bond acceptors (Lipinski definition) is 10. The van der Waals surface area contributed by atoms with Crippen LogP contribution >= 0.6 is 0 Å². The maximum Gasteiger partial charge on any atom is 0.412 e. The van der Waals surface area contributed by atoms with Crippen molar-refractivity contribution in [1.82, 2.24) is 41.2 Å². The Balaban J connectivity index is 0.000000137. The van der Waals surface area contributed by atoms with Crippen molar-refractivity contribution in [3.63, 3.8) is 0 Å². The number of carbonyl (C=O) groups excluding carboxylic acids is 2. The highest BCUT2D eigenvalue weighted by molar-refractivity contribution is 5.85. The lowest BCUT2D eigenvalue weighted by Crippen LogP contribution is -2.57. The van der Waals surface area contributed by atoms with Gasteiger partial charge in [0.15, 0.2) is 0 Å². The van der Waals surface area contributed by atoms with Crippen molar-refractivity contribution < 1.29 is 19.2 Å². The number of hydrogen-bond donors (Lipinski definition) is 5. The van der Waals surface area contributed by atoms with Crippen LogP contribution in [-0.4, -0.2) is 54.4 Å². The molecule has 0 radical (unpaired) electrons. The molecule has 4 heterocycles. The largest absolute Gasteiger partial charge is 0.412 e. The lowest BCUT2D eigenvalue weighted by molar-refractivity contribution is -0.384. The zero-order chi connectivity index (χ0) is 48.0. The molecule has 4 aliphatic carbocycles. The molecule has 2 spiro atoms. The summed E-state index contributed by atoms with van der Waals surface area (Å²) >= 11 is 0. The van der Waals surface area contributed by atoms with Crippen molar-refractivity contribution in [3.8, 4) is 5.75 Å². The second-order valence-electron chi connectivity index (χ2n) is 20.1. The number of aromatic nitrogens is 4. The van der Waals surface area contributed by atoms with Crippen LogP contribution in [-0.2, 0) is 26.2 Å². The minimum atomic E-state index is -0.558. The molecule has 7 aromatic rings. The summed E-state index contributed by atoms with van der Waals surface area (Å²) in [5, 5.41) is 37.3. The smallest absolute Gasteiger partial charge is 0.410 e. The average molecular weight is 956 g/mol. The number of nitrogens with zero attached hydrogens (tertiary/aromatic N) is 4. The zero-order valence-electron chi connectivity index (χ0n) is 38.5. The number of nitrogens with one attached hydrogen (secondary N) is 5. The first-order valence-electron chi connectivity index (χ1n) is 24.1. The van der Waals surface area contributed by atoms with Gasteiger partial charge in [-0.15, -0.1) is 0 Å². The van der Waals surface area contributed by atoms with E-state index in [4.69, 9.17) is 4.74 Å². The highest BCUT2D eigenvalue weighted by Crippen LogP contribution is 2.63. The number of nitro groups is 1. The van der Waals surface area contributed by atoms with Gasteiger partial charge in [-0.3, -0.25) is 19.7 Å². The molecule has 6 aliphatic rings. The van der Waals surface area contributed by atoms with E-state index in [0.29, 0.717) is 41.1 Å². The van der Waals surface area contributed by atoms with E-state index in [1.165, 1.54) is 46.5 Å². The van der Waals surface area contributed by atoms with E-state index in [2.05, 4.69) is 72.7 Å². The molecule has 0 unspecified atom stereocenters. The van der Waals surface area contributed by atoms with Gasteiger partial charge in [0.1, 0.15) is 5.75 Å². The Morgan fingerprint density at radius 1 is 0.592 bits per heavy atom. The molecule has 4 saturated carbocycles. The van der Waals surface area contributed by atoms with Gasteiger partial charge in [-0.2, -0.15) is 10.2 Å². The molecule has 5 aromatic carbocycles. The maximum atomic E-state index is 12.7. The number of H-pyrrole nitrogens is 2. The summed E-state index contributed by atoms with van der Waals surface area (Å²) in [5.41, 5.74) is 7.54. The normalized spacial score (nSPS) is 23.9. The fraction of sp³-hybridized carbons (Fsp3) is 0.345. The second kappa shape index (κ2) is 19.2. The first-order chi connectivity index (χ1) is 34.0. The van der Waals surface area contributed by atoms with E-state index < -0.39 is 11.0 Å². The monoisotopic (exact) mass is 955 g/mol. The zero-order valence-corrected chi connectivity index (χ0v) is 38.5. The number of benzene rings is 5. The number of fused-ring (bicyclic) bond motifs is 4. The van der Waals surface area contributed by atoms with Gasteiger partial charge in [0, 0.05) is 73.0 Å². The molecular weight excluding hydrogens is 899 g/mol. The molecule has 2 aliphatic heterocycles. The molecule has 16 nitrogen and oxygen atoms in total.